The van der Waals surface area contributed by atoms with Gasteiger partial charge in [0, 0.05) is 9.50 Å². The quantitative estimate of drug-likeness (QED) is 0.613. The molecule has 0 radical (unpaired) electrons. The van der Waals surface area contributed by atoms with Crippen molar-refractivity contribution in [2.45, 2.75) is 0 Å². The minimum Gasteiger partial charge on any atom is -0.260 e. The van der Waals surface area contributed by atoms with Gasteiger partial charge in [0.1, 0.15) is 5.69 Å². The fraction of sp³-hybridized carbons (Fsp3) is 0. The molecule has 0 spiro atoms. The van der Waals surface area contributed by atoms with Gasteiger partial charge in [0.15, 0.2) is 0 Å². The van der Waals surface area contributed by atoms with Crippen LogP contribution in [0.25, 0.3) is 0 Å². The molecular formula is C12H9BrClN3. The lowest BCUT2D eigenvalue weighted by molar-refractivity contribution is 1.13. The van der Waals surface area contributed by atoms with Crippen molar-refractivity contribution in [2.75, 3.05) is 5.43 Å². The van der Waals surface area contributed by atoms with Crippen LogP contribution >= 0.6 is 27.5 Å². The first-order valence-electron chi connectivity index (χ1n) is 4.92. The predicted molar refractivity (Wildman–Crippen MR) is 73.7 cm³/mol. The van der Waals surface area contributed by atoms with Gasteiger partial charge in [0.25, 0.3) is 0 Å². The molecule has 0 aromatic heterocycles. The van der Waals surface area contributed by atoms with E-state index in [1.807, 2.05) is 36.4 Å². The Morgan fingerprint density at radius 2 is 1.71 bits per heavy atom. The van der Waals surface area contributed by atoms with Crippen LogP contribution in [-0.2, 0) is 0 Å². The Bertz CT molecular complexity index is 526. The topological polar surface area (TPSA) is 36.8 Å². The summed E-state index contributed by atoms with van der Waals surface area (Å²) in [5.74, 6) is 0. The number of anilines is 1. The highest BCUT2D eigenvalue weighted by Gasteiger charge is 1.95. The van der Waals surface area contributed by atoms with Crippen LogP contribution in [-0.4, -0.2) is 0 Å². The Hall–Kier alpha value is -1.39. The van der Waals surface area contributed by atoms with Crippen LogP contribution in [0.2, 0.25) is 5.02 Å². The van der Waals surface area contributed by atoms with Crippen molar-refractivity contribution in [3.63, 3.8) is 0 Å². The second-order valence-corrected chi connectivity index (χ2v) is 4.56. The van der Waals surface area contributed by atoms with Crippen LogP contribution in [0.1, 0.15) is 0 Å². The fourth-order valence-electron chi connectivity index (χ4n) is 1.19. The maximum Gasteiger partial charge on any atom is 0.102 e. The number of benzene rings is 2. The molecule has 2 aromatic rings. The van der Waals surface area contributed by atoms with Crippen LogP contribution in [0, 0.1) is 0 Å². The Labute approximate surface area is 113 Å². The molecule has 5 heteroatoms. The summed E-state index contributed by atoms with van der Waals surface area (Å²) < 4.78 is 0.904. The number of halogens is 2. The third-order valence-corrected chi connectivity index (χ3v) is 2.96. The van der Waals surface area contributed by atoms with E-state index in [1.165, 1.54) is 0 Å². The third-order valence-electron chi connectivity index (χ3n) is 2.03. The summed E-state index contributed by atoms with van der Waals surface area (Å²) in [7, 11) is 0. The fourth-order valence-corrected chi connectivity index (χ4v) is 1.68. The van der Waals surface area contributed by atoms with Gasteiger partial charge in [-0.2, -0.15) is 0 Å². The van der Waals surface area contributed by atoms with E-state index in [9.17, 15) is 0 Å². The average molecular weight is 311 g/mol. The lowest BCUT2D eigenvalue weighted by Gasteiger charge is -1.99. The summed E-state index contributed by atoms with van der Waals surface area (Å²) >= 11 is 9.17. The maximum absolute atomic E-state index is 5.77. The number of hydrogen-bond acceptors (Lipinski definition) is 2. The lowest BCUT2D eigenvalue weighted by atomic mass is 10.3. The maximum atomic E-state index is 5.77. The zero-order valence-electron chi connectivity index (χ0n) is 8.77. The van der Waals surface area contributed by atoms with Gasteiger partial charge in [0.2, 0.25) is 0 Å². The predicted octanol–water partition coefficient (Wildman–Crippen LogP) is 5.21. The highest BCUT2D eigenvalue weighted by Crippen LogP contribution is 2.24. The molecule has 0 saturated carbocycles. The van der Waals surface area contributed by atoms with Crippen molar-refractivity contribution >= 4 is 38.9 Å². The standard InChI is InChI=1S/C12H9BrClN3/c13-11-3-1-2-4-12(11)16-17-15-10-7-5-9(14)6-8-10/h1-8H,(H,15,16). The highest BCUT2D eigenvalue weighted by atomic mass is 79.9. The van der Waals surface area contributed by atoms with Gasteiger partial charge < -0.3 is 0 Å². The van der Waals surface area contributed by atoms with E-state index in [0.717, 1.165) is 15.8 Å². The smallest absolute Gasteiger partial charge is 0.102 e. The van der Waals surface area contributed by atoms with Crippen LogP contribution in [0.4, 0.5) is 11.4 Å². The molecule has 3 nitrogen and oxygen atoms in total. The number of hydrogen-bond donors (Lipinski definition) is 1. The van der Waals surface area contributed by atoms with Crippen LogP contribution in [0.15, 0.2) is 63.3 Å². The summed E-state index contributed by atoms with van der Waals surface area (Å²) in [5, 5.41) is 8.65. The Kier molecular flexibility index (Phi) is 4.12. The molecular weight excluding hydrogens is 302 g/mol. The van der Waals surface area contributed by atoms with Gasteiger partial charge in [-0.1, -0.05) is 29.0 Å². The van der Waals surface area contributed by atoms with E-state index in [0.29, 0.717) is 5.02 Å². The molecule has 2 aromatic carbocycles. The van der Waals surface area contributed by atoms with E-state index >= 15 is 0 Å². The van der Waals surface area contributed by atoms with Gasteiger partial charge in [-0.15, -0.1) is 5.11 Å². The summed E-state index contributed by atoms with van der Waals surface area (Å²) in [6, 6.07) is 14.9. The van der Waals surface area contributed by atoms with E-state index in [1.54, 1.807) is 12.1 Å². The summed E-state index contributed by atoms with van der Waals surface area (Å²) in [6.45, 7) is 0. The monoisotopic (exact) mass is 309 g/mol. The summed E-state index contributed by atoms with van der Waals surface area (Å²) in [5.41, 5.74) is 4.44. The molecule has 0 unspecified atom stereocenters. The highest BCUT2D eigenvalue weighted by molar-refractivity contribution is 9.10. The van der Waals surface area contributed by atoms with E-state index in [2.05, 4.69) is 31.7 Å². The third kappa shape index (κ3) is 3.54. The van der Waals surface area contributed by atoms with Gasteiger partial charge in [-0.3, -0.25) is 5.43 Å². The largest absolute Gasteiger partial charge is 0.260 e. The minimum atomic E-state index is 0.693. The normalized spacial score (nSPS) is 10.7. The molecule has 0 aliphatic carbocycles. The van der Waals surface area contributed by atoms with Crippen molar-refractivity contribution in [3.05, 3.63) is 58.0 Å². The van der Waals surface area contributed by atoms with Crippen LogP contribution in [0.3, 0.4) is 0 Å². The average Bonchev–Trinajstić information content (AvgIpc) is 2.34. The molecule has 0 saturated heterocycles. The minimum absolute atomic E-state index is 0.693. The second-order valence-electron chi connectivity index (χ2n) is 3.27. The molecule has 0 fully saturated rings. The first-order valence-corrected chi connectivity index (χ1v) is 6.09. The molecule has 0 amide bonds. The molecule has 0 heterocycles. The van der Waals surface area contributed by atoms with Crippen molar-refractivity contribution < 1.29 is 0 Å². The lowest BCUT2D eigenvalue weighted by Crippen LogP contribution is -1.85. The first-order chi connectivity index (χ1) is 8.25. The molecule has 0 atom stereocenters. The Morgan fingerprint density at radius 1 is 1.00 bits per heavy atom. The Morgan fingerprint density at radius 3 is 2.41 bits per heavy atom. The SMILES string of the molecule is Clc1ccc(NN=Nc2ccccc2Br)cc1. The van der Waals surface area contributed by atoms with Gasteiger partial charge in [-0.25, -0.2) is 0 Å². The zero-order valence-corrected chi connectivity index (χ0v) is 11.1. The van der Waals surface area contributed by atoms with Crippen molar-refractivity contribution in [2.24, 2.45) is 10.3 Å². The molecule has 0 bridgehead atoms. The molecule has 0 aliphatic heterocycles. The molecule has 2 rings (SSSR count). The molecule has 17 heavy (non-hydrogen) atoms. The van der Waals surface area contributed by atoms with Crippen LogP contribution in [0.5, 0.6) is 0 Å². The summed E-state index contributed by atoms with van der Waals surface area (Å²) in [6.07, 6.45) is 0. The summed E-state index contributed by atoms with van der Waals surface area (Å²) in [4.78, 5) is 0. The van der Waals surface area contributed by atoms with Gasteiger partial charge in [0.05, 0.1) is 5.69 Å². The van der Waals surface area contributed by atoms with E-state index < -0.39 is 0 Å². The van der Waals surface area contributed by atoms with Crippen molar-refractivity contribution in [3.8, 4) is 0 Å². The van der Waals surface area contributed by atoms with Gasteiger partial charge in [-0.05, 0) is 52.3 Å². The van der Waals surface area contributed by atoms with Crippen LogP contribution < -0.4 is 5.43 Å². The van der Waals surface area contributed by atoms with Crippen molar-refractivity contribution in [1.82, 2.24) is 0 Å². The molecule has 1 N–H and O–H groups in total. The molecule has 0 aliphatic rings. The van der Waals surface area contributed by atoms with Gasteiger partial charge >= 0.3 is 0 Å². The number of nitrogens with zero attached hydrogens (tertiary/aromatic N) is 2. The second kappa shape index (κ2) is 5.80. The van der Waals surface area contributed by atoms with Crippen molar-refractivity contribution in [1.29, 1.82) is 0 Å². The molecule has 86 valence electrons. The van der Waals surface area contributed by atoms with E-state index in [4.69, 9.17) is 11.6 Å². The zero-order chi connectivity index (χ0) is 12.1. The first kappa shape index (κ1) is 12.1. The van der Waals surface area contributed by atoms with E-state index in [-0.39, 0.29) is 0 Å². The number of nitrogens with one attached hydrogen (secondary N) is 1. The Balaban J connectivity index is 2.03. The number of rotatable bonds is 3.